The summed E-state index contributed by atoms with van der Waals surface area (Å²) < 4.78 is 5.46. The van der Waals surface area contributed by atoms with Gasteiger partial charge in [0.25, 0.3) is 5.91 Å². The number of methoxy groups -OCH3 is 1. The van der Waals surface area contributed by atoms with Gasteiger partial charge < -0.3 is 15.8 Å². The molecule has 0 radical (unpaired) electrons. The number of carbonyl (C=O) groups is 1. The molecule has 1 amide bonds. The number of nitrogens with one attached hydrogen (secondary N) is 1. The maximum atomic E-state index is 11.9. The number of hydrogen-bond donors (Lipinski definition) is 2. The van der Waals surface area contributed by atoms with E-state index < -0.39 is 5.91 Å². The van der Waals surface area contributed by atoms with Gasteiger partial charge in [0, 0.05) is 17.0 Å². The van der Waals surface area contributed by atoms with E-state index in [0.717, 1.165) is 22.3 Å². The Morgan fingerprint density at radius 2 is 2.00 bits per heavy atom. The Hall–Kier alpha value is -3.15. The summed E-state index contributed by atoms with van der Waals surface area (Å²) in [6.45, 7) is 2.12. The summed E-state index contributed by atoms with van der Waals surface area (Å²) in [5.74, 6) is 0.838. The second-order valence-electron chi connectivity index (χ2n) is 6.99. The minimum absolute atomic E-state index is 0.181. The van der Waals surface area contributed by atoms with Crippen molar-refractivity contribution < 1.29 is 9.53 Å². The first-order chi connectivity index (χ1) is 13.1. The van der Waals surface area contributed by atoms with Crippen molar-refractivity contribution >= 4 is 22.5 Å². The number of ether oxygens (including phenoxy) is 1. The molecule has 0 bridgehead atoms. The molecule has 6 heteroatoms. The fourth-order valence-electron chi connectivity index (χ4n) is 3.42. The zero-order chi connectivity index (χ0) is 19.0. The Morgan fingerprint density at radius 1 is 1.22 bits per heavy atom. The quantitative estimate of drug-likeness (QED) is 0.699. The van der Waals surface area contributed by atoms with E-state index in [2.05, 4.69) is 22.4 Å². The number of carbonyl (C=O) groups excluding carboxylic acids is 1. The van der Waals surface area contributed by atoms with Crippen molar-refractivity contribution in [2.75, 3.05) is 12.4 Å². The summed E-state index contributed by atoms with van der Waals surface area (Å²) in [7, 11) is 1.65. The number of nitrogens with zero attached hydrogens (tertiary/aromatic N) is 2. The van der Waals surface area contributed by atoms with E-state index in [-0.39, 0.29) is 11.7 Å². The van der Waals surface area contributed by atoms with E-state index in [0.29, 0.717) is 17.1 Å². The van der Waals surface area contributed by atoms with Gasteiger partial charge in [-0.05, 0) is 49.4 Å². The SMILES string of the molecule is COc1ccccc1-c1ccc2c(NC(C)C3CC3)c(C(N)=O)nnc2c1. The molecule has 1 aliphatic rings. The van der Waals surface area contributed by atoms with Gasteiger partial charge in [-0.1, -0.05) is 24.3 Å². The second kappa shape index (κ2) is 6.87. The number of rotatable bonds is 6. The van der Waals surface area contributed by atoms with Crippen molar-refractivity contribution in [3.63, 3.8) is 0 Å². The number of anilines is 1. The number of aromatic nitrogens is 2. The molecular formula is C21H22N4O2. The van der Waals surface area contributed by atoms with Crippen molar-refractivity contribution in [2.45, 2.75) is 25.8 Å². The third-order valence-corrected chi connectivity index (χ3v) is 5.11. The van der Waals surface area contributed by atoms with Crippen LogP contribution in [0.4, 0.5) is 5.69 Å². The standard InChI is InChI=1S/C21H22N4O2/c1-12(13-7-8-13)23-19-16-10-9-14(15-5-3-4-6-18(15)27-2)11-17(16)24-25-20(19)21(22)26/h3-6,9-13H,7-8H2,1-2H3,(H2,22,26)(H,23,24). The van der Waals surface area contributed by atoms with Crippen molar-refractivity contribution in [1.82, 2.24) is 10.2 Å². The third-order valence-electron chi connectivity index (χ3n) is 5.11. The largest absolute Gasteiger partial charge is 0.496 e. The molecule has 0 aliphatic heterocycles. The van der Waals surface area contributed by atoms with Gasteiger partial charge in [-0.25, -0.2) is 0 Å². The van der Waals surface area contributed by atoms with Crippen LogP contribution in [0.1, 0.15) is 30.3 Å². The fraction of sp³-hybridized carbons (Fsp3) is 0.286. The molecule has 1 heterocycles. The lowest BCUT2D eigenvalue weighted by Crippen LogP contribution is -2.23. The average Bonchev–Trinajstić information content (AvgIpc) is 3.52. The number of primary amides is 1. The van der Waals surface area contributed by atoms with Crippen molar-refractivity contribution in [1.29, 1.82) is 0 Å². The van der Waals surface area contributed by atoms with Gasteiger partial charge in [0.15, 0.2) is 5.69 Å². The molecule has 3 aromatic rings. The molecule has 1 aliphatic carbocycles. The van der Waals surface area contributed by atoms with Gasteiger partial charge in [-0.3, -0.25) is 4.79 Å². The number of benzene rings is 2. The predicted octanol–water partition coefficient (Wildman–Crippen LogP) is 3.61. The normalized spacial score (nSPS) is 14.7. The molecule has 1 aromatic heterocycles. The van der Waals surface area contributed by atoms with E-state index in [1.54, 1.807) is 7.11 Å². The van der Waals surface area contributed by atoms with Crippen LogP contribution in [0.2, 0.25) is 0 Å². The maximum absolute atomic E-state index is 11.9. The highest BCUT2D eigenvalue weighted by Crippen LogP contribution is 2.37. The molecule has 138 valence electrons. The number of para-hydroxylation sites is 1. The van der Waals surface area contributed by atoms with Crippen molar-refractivity contribution in [2.24, 2.45) is 11.7 Å². The predicted molar refractivity (Wildman–Crippen MR) is 106 cm³/mol. The molecule has 0 spiro atoms. The molecule has 3 N–H and O–H groups in total. The summed E-state index contributed by atoms with van der Waals surface area (Å²) in [6.07, 6.45) is 2.41. The maximum Gasteiger partial charge on any atom is 0.271 e. The van der Waals surface area contributed by atoms with E-state index in [9.17, 15) is 4.79 Å². The topological polar surface area (TPSA) is 90.1 Å². The second-order valence-corrected chi connectivity index (χ2v) is 6.99. The summed E-state index contributed by atoms with van der Waals surface area (Å²) in [5, 5.41) is 12.6. The van der Waals surface area contributed by atoms with Crippen LogP contribution in [-0.4, -0.2) is 29.3 Å². The summed E-state index contributed by atoms with van der Waals surface area (Å²) in [5.41, 5.74) is 9.03. The minimum Gasteiger partial charge on any atom is -0.496 e. The fourth-order valence-corrected chi connectivity index (χ4v) is 3.42. The van der Waals surface area contributed by atoms with Crippen molar-refractivity contribution in [3.05, 3.63) is 48.2 Å². The van der Waals surface area contributed by atoms with Crippen LogP contribution in [0.3, 0.4) is 0 Å². The highest BCUT2D eigenvalue weighted by molar-refractivity contribution is 6.05. The Kier molecular flexibility index (Phi) is 4.39. The van der Waals surface area contributed by atoms with Crippen LogP contribution < -0.4 is 15.8 Å². The van der Waals surface area contributed by atoms with Gasteiger partial charge >= 0.3 is 0 Å². The van der Waals surface area contributed by atoms with E-state index in [4.69, 9.17) is 10.5 Å². The zero-order valence-electron chi connectivity index (χ0n) is 15.4. The number of nitrogens with two attached hydrogens (primary N) is 1. The van der Waals surface area contributed by atoms with Crippen LogP contribution in [0.5, 0.6) is 5.75 Å². The van der Waals surface area contributed by atoms with E-state index in [1.807, 2.05) is 42.5 Å². The highest BCUT2D eigenvalue weighted by atomic mass is 16.5. The first-order valence-electron chi connectivity index (χ1n) is 9.08. The zero-order valence-corrected chi connectivity index (χ0v) is 15.4. The van der Waals surface area contributed by atoms with Gasteiger partial charge in [-0.2, -0.15) is 0 Å². The molecule has 2 aromatic carbocycles. The van der Waals surface area contributed by atoms with Gasteiger partial charge in [0.2, 0.25) is 0 Å². The molecule has 1 unspecified atom stereocenters. The lowest BCUT2D eigenvalue weighted by molar-refractivity contribution is 0.0995. The average molecular weight is 362 g/mol. The first kappa shape index (κ1) is 17.3. The Bertz CT molecular complexity index is 1010. The number of hydrogen-bond acceptors (Lipinski definition) is 5. The molecular weight excluding hydrogens is 340 g/mol. The molecule has 1 fully saturated rings. The summed E-state index contributed by atoms with van der Waals surface area (Å²) in [6, 6.07) is 14.0. The van der Waals surface area contributed by atoms with Crippen LogP contribution in [0.15, 0.2) is 42.5 Å². The minimum atomic E-state index is -0.580. The van der Waals surface area contributed by atoms with Crippen LogP contribution in [0.25, 0.3) is 22.0 Å². The Balaban J connectivity index is 1.82. The molecule has 1 atom stereocenters. The molecule has 27 heavy (non-hydrogen) atoms. The molecule has 6 nitrogen and oxygen atoms in total. The van der Waals surface area contributed by atoms with Crippen molar-refractivity contribution in [3.8, 4) is 16.9 Å². The molecule has 1 saturated carbocycles. The summed E-state index contributed by atoms with van der Waals surface area (Å²) >= 11 is 0. The lowest BCUT2D eigenvalue weighted by Gasteiger charge is -2.18. The number of amides is 1. The van der Waals surface area contributed by atoms with E-state index >= 15 is 0 Å². The van der Waals surface area contributed by atoms with Gasteiger partial charge in [0.1, 0.15) is 5.75 Å². The number of fused-ring (bicyclic) bond motifs is 1. The van der Waals surface area contributed by atoms with Gasteiger partial charge in [0.05, 0.1) is 18.3 Å². The highest BCUT2D eigenvalue weighted by Gasteiger charge is 2.29. The van der Waals surface area contributed by atoms with Crippen LogP contribution in [0, 0.1) is 5.92 Å². The lowest BCUT2D eigenvalue weighted by atomic mass is 10.0. The molecule has 4 rings (SSSR count). The van der Waals surface area contributed by atoms with Crippen LogP contribution in [-0.2, 0) is 0 Å². The monoisotopic (exact) mass is 362 g/mol. The molecule has 0 saturated heterocycles. The van der Waals surface area contributed by atoms with Gasteiger partial charge in [-0.15, -0.1) is 10.2 Å². The summed E-state index contributed by atoms with van der Waals surface area (Å²) in [4.78, 5) is 11.9. The van der Waals surface area contributed by atoms with Crippen LogP contribution >= 0.6 is 0 Å². The Labute approximate surface area is 157 Å². The smallest absolute Gasteiger partial charge is 0.271 e. The van der Waals surface area contributed by atoms with E-state index in [1.165, 1.54) is 12.8 Å². The Morgan fingerprint density at radius 3 is 2.70 bits per heavy atom. The third kappa shape index (κ3) is 3.30. The first-order valence-corrected chi connectivity index (χ1v) is 9.08.